The van der Waals surface area contributed by atoms with E-state index in [1.54, 1.807) is 0 Å². The minimum Gasteiger partial charge on any atom is -0.507 e. The van der Waals surface area contributed by atoms with Crippen molar-refractivity contribution in [1.82, 2.24) is 0 Å². The Morgan fingerprint density at radius 2 is 1.16 bits per heavy atom. The van der Waals surface area contributed by atoms with E-state index in [0.717, 1.165) is 55.6 Å². The molecular weight excluding hydrogens is 236 g/mol. The summed E-state index contributed by atoms with van der Waals surface area (Å²) in [6.45, 7) is 11.3. The molecule has 1 N–H and O–H groups in total. The molecule has 0 saturated heterocycles. The van der Waals surface area contributed by atoms with Crippen LogP contribution in [0.15, 0.2) is 0 Å². The second kappa shape index (κ2) is 7.42. The fourth-order valence-corrected chi connectivity index (χ4v) is 2.81. The number of hydrogen-bond donors (Lipinski definition) is 1. The van der Waals surface area contributed by atoms with E-state index in [1.165, 1.54) is 11.1 Å². The molecule has 0 heterocycles. The normalized spacial score (nSPS) is 10.8. The number of ether oxygens (including phenoxy) is 1. The molecule has 0 aliphatic carbocycles. The molecule has 0 amide bonds. The molecule has 0 fully saturated rings. The van der Waals surface area contributed by atoms with Crippen LogP contribution >= 0.6 is 0 Å². The third kappa shape index (κ3) is 3.05. The molecule has 1 aromatic rings. The smallest absolute Gasteiger partial charge is 0.126 e. The van der Waals surface area contributed by atoms with E-state index in [1.807, 2.05) is 0 Å². The van der Waals surface area contributed by atoms with Gasteiger partial charge in [0, 0.05) is 22.3 Å². The lowest BCUT2D eigenvalue weighted by atomic mass is 9.90. The molecule has 0 unspecified atom stereocenters. The molecule has 0 atom stereocenters. The van der Waals surface area contributed by atoms with Crippen LogP contribution in [-0.2, 0) is 25.7 Å². The van der Waals surface area contributed by atoms with Gasteiger partial charge in [0.1, 0.15) is 11.5 Å². The highest BCUT2D eigenvalue weighted by Gasteiger charge is 2.21. The van der Waals surface area contributed by atoms with E-state index in [9.17, 15) is 5.11 Å². The zero-order valence-corrected chi connectivity index (χ0v) is 13.1. The Bertz CT molecular complexity index is 389. The van der Waals surface area contributed by atoms with E-state index >= 15 is 0 Å². The number of aromatic hydroxyl groups is 1. The van der Waals surface area contributed by atoms with Crippen molar-refractivity contribution < 1.29 is 9.84 Å². The maximum Gasteiger partial charge on any atom is 0.126 e. The van der Waals surface area contributed by atoms with Crippen LogP contribution in [0.4, 0.5) is 0 Å². The van der Waals surface area contributed by atoms with Gasteiger partial charge in [0.2, 0.25) is 0 Å². The molecule has 1 rings (SSSR count). The SMILES string of the molecule is CCCOc1c(CC)c(CC)c(O)c(CC)c1CC. The number of hydrogen-bond acceptors (Lipinski definition) is 2. The van der Waals surface area contributed by atoms with Crippen molar-refractivity contribution in [2.24, 2.45) is 0 Å². The van der Waals surface area contributed by atoms with Gasteiger partial charge in [-0.1, -0.05) is 34.6 Å². The number of benzene rings is 1. The summed E-state index contributed by atoms with van der Waals surface area (Å²) < 4.78 is 6.03. The van der Waals surface area contributed by atoms with Gasteiger partial charge < -0.3 is 9.84 Å². The average Bonchev–Trinajstić information content (AvgIpc) is 2.44. The van der Waals surface area contributed by atoms with Gasteiger partial charge in [0.15, 0.2) is 0 Å². The standard InChI is InChI=1S/C17H28O2/c1-6-11-19-17-14(9-4)12(7-2)16(18)13(8-3)15(17)10-5/h18H,6-11H2,1-5H3. The predicted octanol–water partition coefficient (Wildman–Crippen LogP) is 4.43. The maximum atomic E-state index is 10.5. The molecule has 19 heavy (non-hydrogen) atoms. The Kier molecular flexibility index (Phi) is 6.20. The number of phenolic OH excluding ortho intramolecular Hbond substituents is 1. The minimum atomic E-state index is 0.502. The topological polar surface area (TPSA) is 29.5 Å². The van der Waals surface area contributed by atoms with Crippen LogP contribution in [0.1, 0.15) is 63.3 Å². The number of phenols is 1. The van der Waals surface area contributed by atoms with Crippen molar-refractivity contribution in [3.05, 3.63) is 22.3 Å². The first-order valence-corrected chi connectivity index (χ1v) is 7.67. The zero-order valence-electron chi connectivity index (χ0n) is 13.1. The molecule has 1 aromatic carbocycles. The molecule has 0 bridgehead atoms. The van der Waals surface area contributed by atoms with Crippen molar-refractivity contribution in [1.29, 1.82) is 0 Å². The van der Waals surface area contributed by atoms with Crippen LogP contribution in [0.25, 0.3) is 0 Å². The second-order valence-electron chi connectivity index (χ2n) is 4.85. The van der Waals surface area contributed by atoms with Crippen LogP contribution < -0.4 is 4.74 Å². The van der Waals surface area contributed by atoms with E-state index in [2.05, 4.69) is 34.6 Å². The molecule has 0 aliphatic rings. The monoisotopic (exact) mass is 264 g/mol. The number of rotatable bonds is 7. The van der Waals surface area contributed by atoms with Gasteiger partial charge in [-0.25, -0.2) is 0 Å². The Hall–Kier alpha value is -1.18. The fraction of sp³-hybridized carbons (Fsp3) is 0.647. The minimum absolute atomic E-state index is 0.502. The van der Waals surface area contributed by atoms with Gasteiger partial charge in [-0.3, -0.25) is 0 Å². The molecule has 0 spiro atoms. The highest BCUT2D eigenvalue weighted by molar-refractivity contribution is 5.59. The van der Waals surface area contributed by atoms with Crippen LogP contribution in [0.3, 0.4) is 0 Å². The summed E-state index contributed by atoms with van der Waals surface area (Å²) in [5.41, 5.74) is 4.54. The summed E-state index contributed by atoms with van der Waals surface area (Å²) >= 11 is 0. The average molecular weight is 264 g/mol. The molecule has 0 aromatic heterocycles. The van der Waals surface area contributed by atoms with Gasteiger partial charge in [0.25, 0.3) is 0 Å². The summed E-state index contributed by atoms with van der Waals surface area (Å²) in [4.78, 5) is 0. The second-order valence-corrected chi connectivity index (χ2v) is 4.85. The van der Waals surface area contributed by atoms with Crippen molar-refractivity contribution in [2.45, 2.75) is 66.7 Å². The third-order valence-electron chi connectivity index (χ3n) is 3.71. The lowest BCUT2D eigenvalue weighted by Crippen LogP contribution is -2.08. The molecule has 0 saturated carbocycles. The highest BCUT2D eigenvalue weighted by atomic mass is 16.5. The lowest BCUT2D eigenvalue weighted by molar-refractivity contribution is 0.309. The third-order valence-corrected chi connectivity index (χ3v) is 3.71. The fourth-order valence-electron chi connectivity index (χ4n) is 2.81. The summed E-state index contributed by atoms with van der Waals surface area (Å²) in [6.07, 6.45) is 4.54. The van der Waals surface area contributed by atoms with Gasteiger partial charge >= 0.3 is 0 Å². The Labute approximate surface area is 117 Å². The molecule has 2 nitrogen and oxygen atoms in total. The Balaban J connectivity index is 3.53. The molecule has 0 aliphatic heterocycles. The quantitative estimate of drug-likeness (QED) is 0.789. The van der Waals surface area contributed by atoms with Crippen LogP contribution in [0, 0.1) is 0 Å². The van der Waals surface area contributed by atoms with Crippen molar-refractivity contribution in [2.75, 3.05) is 6.61 Å². The van der Waals surface area contributed by atoms with E-state index in [0.29, 0.717) is 5.75 Å². The van der Waals surface area contributed by atoms with Gasteiger partial charge in [-0.2, -0.15) is 0 Å². The molecule has 0 radical (unpaired) electrons. The van der Waals surface area contributed by atoms with Crippen LogP contribution in [-0.4, -0.2) is 11.7 Å². The van der Waals surface area contributed by atoms with Gasteiger partial charge in [-0.15, -0.1) is 0 Å². The predicted molar refractivity (Wildman–Crippen MR) is 81.4 cm³/mol. The van der Waals surface area contributed by atoms with Gasteiger partial charge in [-0.05, 0) is 32.1 Å². The first-order chi connectivity index (χ1) is 9.15. The summed E-state index contributed by atoms with van der Waals surface area (Å²) in [6, 6.07) is 0. The highest BCUT2D eigenvalue weighted by Crippen LogP contribution is 2.39. The summed E-state index contributed by atoms with van der Waals surface area (Å²) in [7, 11) is 0. The Morgan fingerprint density at radius 1 is 0.737 bits per heavy atom. The molecular formula is C17H28O2. The maximum absolute atomic E-state index is 10.5. The summed E-state index contributed by atoms with van der Waals surface area (Å²) in [5, 5.41) is 10.5. The van der Waals surface area contributed by atoms with E-state index < -0.39 is 0 Å². The zero-order chi connectivity index (χ0) is 14.4. The first-order valence-electron chi connectivity index (χ1n) is 7.67. The molecule has 2 heteroatoms. The summed E-state index contributed by atoms with van der Waals surface area (Å²) in [5.74, 6) is 1.54. The van der Waals surface area contributed by atoms with E-state index in [4.69, 9.17) is 4.74 Å². The molecule has 108 valence electrons. The van der Waals surface area contributed by atoms with Crippen molar-refractivity contribution in [3.8, 4) is 11.5 Å². The van der Waals surface area contributed by atoms with Crippen LogP contribution in [0.2, 0.25) is 0 Å². The van der Waals surface area contributed by atoms with Crippen LogP contribution in [0.5, 0.6) is 11.5 Å². The lowest BCUT2D eigenvalue weighted by Gasteiger charge is -2.22. The van der Waals surface area contributed by atoms with Crippen molar-refractivity contribution >= 4 is 0 Å². The van der Waals surface area contributed by atoms with E-state index in [-0.39, 0.29) is 0 Å². The van der Waals surface area contributed by atoms with Gasteiger partial charge in [0.05, 0.1) is 6.61 Å². The van der Waals surface area contributed by atoms with Crippen molar-refractivity contribution in [3.63, 3.8) is 0 Å². The first kappa shape index (κ1) is 15.9. The largest absolute Gasteiger partial charge is 0.507 e. The Morgan fingerprint density at radius 3 is 1.47 bits per heavy atom.